The number of nitrogens with one attached hydrogen (secondary N) is 1. The molecule has 0 aliphatic heterocycles. The molecular weight excluding hydrogens is 418 g/mol. The Hall–Kier alpha value is -2.99. The first-order valence-corrected chi connectivity index (χ1v) is 9.72. The maximum Gasteiger partial charge on any atom is 0.257 e. The van der Waals surface area contributed by atoms with Gasteiger partial charge in [-0.05, 0) is 63.8 Å². The molecule has 4 rings (SSSR count). The Balaban J connectivity index is 1.58. The van der Waals surface area contributed by atoms with Gasteiger partial charge in [0.05, 0.1) is 5.56 Å². The Morgan fingerprint density at radius 1 is 1.07 bits per heavy atom. The number of hydrogen-bond donors (Lipinski definition) is 1. The summed E-state index contributed by atoms with van der Waals surface area (Å²) in [4.78, 5) is 21.0. The number of aromatic nitrogens is 2. The van der Waals surface area contributed by atoms with Crippen LogP contribution in [-0.4, -0.2) is 15.9 Å². The van der Waals surface area contributed by atoms with Crippen molar-refractivity contribution in [3.8, 4) is 11.5 Å². The first-order chi connectivity index (χ1) is 13.5. The average Bonchev–Trinajstić information content (AvgIpc) is 3.11. The Morgan fingerprint density at radius 2 is 1.86 bits per heavy atom. The highest BCUT2D eigenvalue weighted by atomic mass is 79.9. The van der Waals surface area contributed by atoms with Crippen LogP contribution < -0.4 is 5.32 Å². The maximum absolute atomic E-state index is 12.4. The molecule has 140 valence electrons. The summed E-state index contributed by atoms with van der Waals surface area (Å²) in [6, 6.07) is 15.3. The zero-order valence-electron chi connectivity index (χ0n) is 15.4. The number of fused-ring (bicyclic) bond motifs is 1. The van der Waals surface area contributed by atoms with Gasteiger partial charge < -0.3 is 9.73 Å². The summed E-state index contributed by atoms with van der Waals surface area (Å²) in [7, 11) is 0. The fourth-order valence-electron chi connectivity index (χ4n) is 2.88. The third kappa shape index (κ3) is 3.82. The SMILES string of the molecule is CC(C)c1ccc(-c2nc3cc(NC(=O)c4cncc(Br)c4)ccc3o2)cc1. The van der Waals surface area contributed by atoms with Gasteiger partial charge >= 0.3 is 0 Å². The van der Waals surface area contributed by atoms with Crippen LogP contribution in [0.4, 0.5) is 5.69 Å². The number of rotatable bonds is 4. The van der Waals surface area contributed by atoms with Crippen molar-refractivity contribution in [1.29, 1.82) is 0 Å². The van der Waals surface area contributed by atoms with Crippen molar-refractivity contribution in [2.24, 2.45) is 0 Å². The third-order valence-corrected chi connectivity index (χ3v) is 4.87. The van der Waals surface area contributed by atoms with Crippen LogP contribution in [0.2, 0.25) is 0 Å². The van der Waals surface area contributed by atoms with Crippen LogP contribution in [0, 0.1) is 0 Å². The lowest BCUT2D eigenvalue weighted by Gasteiger charge is -2.04. The van der Waals surface area contributed by atoms with E-state index >= 15 is 0 Å². The molecule has 0 saturated heterocycles. The third-order valence-electron chi connectivity index (χ3n) is 4.44. The Kier molecular flexibility index (Phi) is 4.96. The summed E-state index contributed by atoms with van der Waals surface area (Å²) >= 11 is 3.32. The second-order valence-corrected chi connectivity index (χ2v) is 7.74. The zero-order valence-corrected chi connectivity index (χ0v) is 17.0. The highest BCUT2D eigenvalue weighted by Crippen LogP contribution is 2.27. The number of halogens is 1. The molecular formula is C22H18BrN3O2. The minimum absolute atomic E-state index is 0.235. The van der Waals surface area contributed by atoms with Gasteiger partial charge in [-0.3, -0.25) is 9.78 Å². The van der Waals surface area contributed by atoms with Crippen molar-refractivity contribution in [3.63, 3.8) is 0 Å². The van der Waals surface area contributed by atoms with E-state index < -0.39 is 0 Å². The van der Waals surface area contributed by atoms with Crippen LogP contribution in [0.1, 0.15) is 35.7 Å². The van der Waals surface area contributed by atoms with E-state index in [2.05, 4.69) is 57.2 Å². The molecule has 0 bridgehead atoms. The molecule has 2 aromatic heterocycles. The summed E-state index contributed by atoms with van der Waals surface area (Å²) in [6.07, 6.45) is 3.15. The molecule has 4 aromatic rings. The number of hydrogen-bond acceptors (Lipinski definition) is 4. The van der Waals surface area contributed by atoms with Crippen LogP contribution in [0.5, 0.6) is 0 Å². The second-order valence-electron chi connectivity index (χ2n) is 6.82. The van der Waals surface area contributed by atoms with Crippen molar-refractivity contribution in [3.05, 3.63) is 76.5 Å². The van der Waals surface area contributed by atoms with Gasteiger partial charge in [-0.15, -0.1) is 0 Å². The van der Waals surface area contributed by atoms with Gasteiger partial charge in [-0.1, -0.05) is 26.0 Å². The summed E-state index contributed by atoms with van der Waals surface area (Å²) in [5, 5.41) is 2.87. The highest BCUT2D eigenvalue weighted by Gasteiger charge is 2.12. The number of pyridine rings is 1. The van der Waals surface area contributed by atoms with Crippen molar-refractivity contribution < 1.29 is 9.21 Å². The molecule has 2 heterocycles. The van der Waals surface area contributed by atoms with E-state index in [1.165, 1.54) is 11.8 Å². The Morgan fingerprint density at radius 3 is 2.57 bits per heavy atom. The summed E-state index contributed by atoms with van der Waals surface area (Å²) in [5.74, 6) is 0.801. The molecule has 0 aliphatic carbocycles. The molecule has 0 spiro atoms. The monoisotopic (exact) mass is 435 g/mol. The molecule has 0 saturated carbocycles. The second kappa shape index (κ2) is 7.56. The standard InChI is InChI=1S/C22H18BrN3O2/c1-13(2)14-3-5-15(6-4-14)22-26-19-10-18(7-8-20(19)28-22)25-21(27)16-9-17(23)12-24-11-16/h3-13H,1-2H3,(H,25,27). The number of carbonyl (C=O) groups excluding carboxylic acids is 1. The van der Waals surface area contributed by atoms with Gasteiger partial charge in [0.15, 0.2) is 5.58 Å². The number of nitrogens with zero attached hydrogens (tertiary/aromatic N) is 2. The molecule has 28 heavy (non-hydrogen) atoms. The van der Waals surface area contributed by atoms with E-state index in [0.717, 1.165) is 10.0 Å². The predicted molar refractivity (Wildman–Crippen MR) is 113 cm³/mol. The van der Waals surface area contributed by atoms with Crippen LogP contribution in [0.15, 0.2) is 69.8 Å². The molecule has 1 amide bonds. The predicted octanol–water partition coefficient (Wildman–Crippen LogP) is 6.03. The van der Waals surface area contributed by atoms with Gasteiger partial charge in [0, 0.05) is 28.1 Å². The maximum atomic E-state index is 12.4. The number of carbonyl (C=O) groups is 1. The lowest BCUT2D eigenvalue weighted by atomic mass is 10.0. The van der Waals surface area contributed by atoms with Crippen molar-refractivity contribution >= 4 is 38.6 Å². The molecule has 0 radical (unpaired) electrons. The zero-order chi connectivity index (χ0) is 19.7. The van der Waals surface area contributed by atoms with Crippen molar-refractivity contribution in [2.45, 2.75) is 19.8 Å². The van der Waals surface area contributed by atoms with E-state index in [-0.39, 0.29) is 5.91 Å². The topological polar surface area (TPSA) is 68.0 Å². The molecule has 1 N–H and O–H groups in total. The molecule has 6 heteroatoms. The normalized spacial score (nSPS) is 11.1. The van der Waals surface area contributed by atoms with Gasteiger partial charge in [0.25, 0.3) is 5.91 Å². The average molecular weight is 436 g/mol. The van der Waals surface area contributed by atoms with Crippen LogP contribution in [-0.2, 0) is 0 Å². The lowest BCUT2D eigenvalue weighted by Crippen LogP contribution is -2.12. The molecule has 0 atom stereocenters. The first-order valence-electron chi connectivity index (χ1n) is 8.92. The largest absolute Gasteiger partial charge is 0.436 e. The van der Waals surface area contributed by atoms with E-state index in [9.17, 15) is 4.79 Å². The quantitative estimate of drug-likeness (QED) is 0.424. The minimum Gasteiger partial charge on any atom is -0.436 e. The van der Waals surface area contributed by atoms with Crippen LogP contribution in [0.25, 0.3) is 22.6 Å². The summed E-state index contributed by atoms with van der Waals surface area (Å²) < 4.78 is 6.62. The summed E-state index contributed by atoms with van der Waals surface area (Å²) in [5.41, 5.74) is 4.67. The Labute approximate surface area is 170 Å². The van der Waals surface area contributed by atoms with Gasteiger partial charge in [0.2, 0.25) is 5.89 Å². The number of oxazole rings is 1. The van der Waals surface area contributed by atoms with E-state index in [1.807, 2.05) is 18.2 Å². The molecule has 0 unspecified atom stereocenters. The highest BCUT2D eigenvalue weighted by molar-refractivity contribution is 9.10. The van der Waals surface area contributed by atoms with E-state index in [0.29, 0.717) is 34.2 Å². The number of benzene rings is 2. The smallest absolute Gasteiger partial charge is 0.257 e. The van der Waals surface area contributed by atoms with E-state index in [4.69, 9.17) is 4.42 Å². The minimum atomic E-state index is -0.235. The molecule has 2 aromatic carbocycles. The lowest BCUT2D eigenvalue weighted by molar-refractivity contribution is 0.102. The van der Waals surface area contributed by atoms with Gasteiger partial charge in [-0.25, -0.2) is 4.98 Å². The van der Waals surface area contributed by atoms with Gasteiger partial charge in [-0.2, -0.15) is 0 Å². The van der Waals surface area contributed by atoms with Crippen molar-refractivity contribution in [1.82, 2.24) is 9.97 Å². The molecule has 5 nitrogen and oxygen atoms in total. The van der Waals surface area contributed by atoms with Crippen LogP contribution in [0.3, 0.4) is 0 Å². The fourth-order valence-corrected chi connectivity index (χ4v) is 3.24. The summed E-state index contributed by atoms with van der Waals surface area (Å²) in [6.45, 7) is 4.32. The van der Waals surface area contributed by atoms with Crippen molar-refractivity contribution in [2.75, 3.05) is 5.32 Å². The number of anilines is 1. The van der Waals surface area contributed by atoms with Crippen LogP contribution >= 0.6 is 15.9 Å². The molecule has 0 fully saturated rings. The van der Waals surface area contributed by atoms with E-state index in [1.54, 1.807) is 24.4 Å². The molecule has 0 aliphatic rings. The van der Waals surface area contributed by atoms with Gasteiger partial charge in [0.1, 0.15) is 5.52 Å². The number of amides is 1. The Bertz CT molecular complexity index is 1150. The first kappa shape index (κ1) is 18.4. The fraction of sp³-hybridized carbons (Fsp3) is 0.136.